The maximum absolute atomic E-state index is 12.9. The van der Waals surface area contributed by atoms with Gasteiger partial charge in [-0.25, -0.2) is 14.4 Å². The molecular weight excluding hydrogens is 582 g/mol. The second kappa shape index (κ2) is 14.6. The van der Waals surface area contributed by atoms with Crippen LogP contribution in [-0.4, -0.2) is 53.3 Å². The summed E-state index contributed by atoms with van der Waals surface area (Å²) < 4.78 is 22.1. The Morgan fingerprint density at radius 1 is 0.778 bits per heavy atom. The predicted molar refractivity (Wildman–Crippen MR) is 166 cm³/mol. The molecule has 2 unspecified atom stereocenters. The molecule has 0 spiro atoms. The van der Waals surface area contributed by atoms with E-state index in [0.29, 0.717) is 11.1 Å². The van der Waals surface area contributed by atoms with E-state index in [-0.39, 0.29) is 18.1 Å². The third kappa shape index (κ3) is 11.2. The number of aliphatic carboxylic acids is 1. The van der Waals surface area contributed by atoms with Crippen LogP contribution in [0.25, 0.3) is 0 Å². The molecular formula is C34H45NO10. The van der Waals surface area contributed by atoms with Gasteiger partial charge in [-0.1, -0.05) is 31.2 Å². The van der Waals surface area contributed by atoms with Crippen molar-refractivity contribution in [1.82, 2.24) is 5.32 Å². The van der Waals surface area contributed by atoms with Gasteiger partial charge in [0.1, 0.15) is 11.6 Å². The first kappa shape index (κ1) is 36.8. The van der Waals surface area contributed by atoms with Crippen LogP contribution in [0.2, 0.25) is 0 Å². The van der Waals surface area contributed by atoms with Crippen LogP contribution in [0.4, 0.5) is 4.79 Å². The van der Waals surface area contributed by atoms with Crippen molar-refractivity contribution in [2.45, 2.75) is 86.8 Å². The van der Waals surface area contributed by atoms with Gasteiger partial charge in [-0.2, -0.15) is 0 Å². The highest BCUT2D eigenvalue weighted by Crippen LogP contribution is 2.38. The maximum Gasteiger partial charge on any atom is 0.408 e. The van der Waals surface area contributed by atoms with Crippen molar-refractivity contribution >= 4 is 30.0 Å². The largest absolute Gasteiger partial charge is 0.480 e. The van der Waals surface area contributed by atoms with E-state index in [2.05, 4.69) is 5.32 Å². The van der Waals surface area contributed by atoms with Gasteiger partial charge in [-0.3, -0.25) is 9.59 Å². The Kier molecular flexibility index (Phi) is 11.9. The third-order valence-corrected chi connectivity index (χ3v) is 6.38. The molecule has 3 atom stereocenters. The highest BCUT2D eigenvalue weighted by atomic mass is 16.6. The summed E-state index contributed by atoms with van der Waals surface area (Å²) in [4.78, 5) is 63.8. The van der Waals surface area contributed by atoms with Gasteiger partial charge in [0.15, 0.2) is 11.5 Å². The summed E-state index contributed by atoms with van der Waals surface area (Å²) in [5.41, 5.74) is -2.11. The number of amides is 1. The summed E-state index contributed by atoms with van der Waals surface area (Å²) in [5.74, 6) is -5.14. The van der Waals surface area contributed by atoms with E-state index in [0.717, 1.165) is 0 Å². The molecule has 0 bridgehead atoms. The topological polar surface area (TPSA) is 155 Å². The average molecular weight is 628 g/mol. The van der Waals surface area contributed by atoms with Crippen molar-refractivity contribution in [2.24, 2.45) is 16.7 Å². The first-order valence-electron chi connectivity index (χ1n) is 14.6. The fraction of sp³-hybridized carbons (Fsp3) is 0.500. The smallest absolute Gasteiger partial charge is 0.408 e. The van der Waals surface area contributed by atoms with Gasteiger partial charge in [0.25, 0.3) is 0 Å². The normalized spacial score (nSPS) is 13.9. The minimum atomic E-state index is -1.57. The zero-order valence-corrected chi connectivity index (χ0v) is 27.7. The number of hydrogen-bond donors (Lipinski definition) is 2. The molecule has 246 valence electrons. The summed E-state index contributed by atoms with van der Waals surface area (Å²) >= 11 is 0. The molecule has 0 aliphatic heterocycles. The highest BCUT2D eigenvalue weighted by molar-refractivity contribution is 5.89. The molecule has 0 aliphatic rings. The van der Waals surface area contributed by atoms with E-state index >= 15 is 0 Å². The molecule has 2 aromatic rings. The fourth-order valence-corrected chi connectivity index (χ4v) is 3.96. The van der Waals surface area contributed by atoms with Crippen molar-refractivity contribution < 1.29 is 48.0 Å². The molecule has 45 heavy (non-hydrogen) atoms. The Labute approximate surface area is 264 Å². The van der Waals surface area contributed by atoms with Crippen molar-refractivity contribution in [3.8, 4) is 11.5 Å². The van der Waals surface area contributed by atoms with Crippen molar-refractivity contribution in [3.05, 3.63) is 59.7 Å². The van der Waals surface area contributed by atoms with Crippen LogP contribution in [0.1, 0.15) is 91.1 Å². The molecule has 2 aromatic carbocycles. The Morgan fingerprint density at radius 2 is 1.31 bits per heavy atom. The molecule has 11 nitrogen and oxygen atoms in total. The van der Waals surface area contributed by atoms with Crippen LogP contribution in [0, 0.1) is 16.7 Å². The molecule has 1 amide bonds. The molecule has 0 fully saturated rings. The number of hydrogen-bond acceptors (Lipinski definition) is 9. The minimum absolute atomic E-state index is 0.0508. The number of benzene rings is 2. The lowest BCUT2D eigenvalue weighted by Crippen LogP contribution is -2.48. The second-order valence-corrected chi connectivity index (χ2v) is 13.9. The molecule has 0 saturated carbocycles. The van der Waals surface area contributed by atoms with E-state index in [1.54, 1.807) is 99.6 Å². The van der Waals surface area contributed by atoms with Gasteiger partial charge >= 0.3 is 30.0 Å². The Morgan fingerprint density at radius 3 is 1.80 bits per heavy atom. The first-order chi connectivity index (χ1) is 20.6. The van der Waals surface area contributed by atoms with Crippen LogP contribution in [0.15, 0.2) is 48.5 Å². The minimum Gasteiger partial charge on any atom is -0.480 e. The number of ether oxygens (including phenoxy) is 4. The van der Waals surface area contributed by atoms with Gasteiger partial charge in [0, 0.05) is 5.92 Å². The SMILES string of the molecule is CC(COC(=O)c1ccccc1)C(c1ccc(OC(=O)C(C)(C)C)c(OC(=O)C(C)(C)C)c1)[C@@H](NC(=O)OC(C)(C)C)C(=O)O. The highest BCUT2D eigenvalue weighted by Gasteiger charge is 2.38. The van der Waals surface area contributed by atoms with Crippen LogP contribution >= 0.6 is 0 Å². The summed E-state index contributed by atoms with van der Waals surface area (Å²) in [6.07, 6.45) is -0.969. The standard InChI is InChI=1S/C34H45NO10/c1-20(19-42-28(38)21-14-12-11-13-15-21)25(26(27(36)37)35-31(41)45-34(8,9)10)22-16-17-23(43-29(39)32(2,3)4)24(18-22)44-30(40)33(5,6)7/h11-18,20,25-26H,19H2,1-10H3,(H,35,41)(H,36,37)/t20?,25?,26-/m1/s1. The molecule has 2 N–H and O–H groups in total. The number of carboxylic acid groups (broad SMARTS) is 1. The second-order valence-electron chi connectivity index (χ2n) is 13.9. The number of rotatable bonds is 10. The first-order valence-corrected chi connectivity index (χ1v) is 14.6. The van der Waals surface area contributed by atoms with Gasteiger partial charge in [0.05, 0.1) is 23.0 Å². The molecule has 0 saturated heterocycles. The summed E-state index contributed by atoms with van der Waals surface area (Å²) in [7, 11) is 0. The molecule has 0 heterocycles. The number of nitrogens with one attached hydrogen (secondary N) is 1. The summed E-state index contributed by atoms with van der Waals surface area (Å²) in [6.45, 7) is 16.3. The summed E-state index contributed by atoms with van der Waals surface area (Å²) in [6, 6.07) is 11.0. The maximum atomic E-state index is 12.9. The third-order valence-electron chi connectivity index (χ3n) is 6.38. The van der Waals surface area contributed by atoms with Crippen LogP contribution in [0.5, 0.6) is 11.5 Å². The Bertz CT molecular complexity index is 1380. The number of carboxylic acids is 1. The van der Waals surface area contributed by atoms with E-state index in [1.165, 1.54) is 18.2 Å². The summed E-state index contributed by atoms with van der Waals surface area (Å²) in [5, 5.41) is 12.7. The van der Waals surface area contributed by atoms with Gasteiger partial charge < -0.3 is 29.4 Å². The van der Waals surface area contributed by atoms with E-state index < -0.39 is 64.3 Å². The number of carbonyl (C=O) groups is 5. The fourth-order valence-electron chi connectivity index (χ4n) is 3.96. The van der Waals surface area contributed by atoms with Crippen molar-refractivity contribution in [3.63, 3.8) is 0 Å². The van der Waals surface area contributed by atoms with Crippen LogP contribution in [0.3, 0.4) is 0 Å². The Hall–Kier alpha value is -4.41. The molecule has 0 radical (unpaired) electrons. The lowest BCUT2D eigenvalue weighted by Gasteiger charge is -2.31. The van der Waals surface area contributed by atoms with Crippen molar-refractivity contribution in [1.29, 1.82) is 0 Å². The van der Waals surface area contributed by atoms with Gasteiger partial charge in [-0.15, -0.1) is 0 Å². The molecule has 0 aliphatic carbocycles. The number of carbonyl (C=O) groups excluding carboxylic acids is 4. The number of esters is 3. The van der Waals surface area contributed by atoms with Gasteiger partial charge in [0.2, 0.25) is 0 Å². The average Bonchev–Trinajstić information content (AvgIpc) is 2.90. The number of alkyl carbamates (subject to hydrolysis) is 1. The lowest BCUT2D eigenvalue weighted by molar-refractivity contribution is -0.145. The Balaban J connectivity index is 2.63. The zero-order chi connectivity index (χ0) is 34.3. The van der Waals surface area contributed by atoms with Crippen molar-refractivity contribution in [2.75, 3.05) is 6.61 Å². The van der Waals surface area contributed by atoms with Gasteiger partial charge in [-0.05, 0) is 98.1 Å². The lowest BCUT2D eigenvalue weighted by atomic mass is 9.81. The van der Waals surface area contributed by atoms with Crippen LogP contribution in [-0.2, 0) is 23.9 Å². The molecule has 2 rings (SSSR count). The quantitative estimate of drug-likeness (QED) is 0.232. The monoisotopic (exact) mass is 627 g/mol. The molecule has 11 heteroatoms. The van der Waals surface area contributed by atoms with E-state index in [9.17, 15) is 29.1 Å². The zero-order valence-electron chi connectivity index (χ0n) is 27.7. The predicted octanol–water partition coefficient (Wildman–Crippen LogP) is 6.14. The van der Waals surface area contributed by atoms with E-state index in [1.807, 2.05) is 0 Å². The van der Waals surface area contributed by atoms with E-state index in [4.69, 9.17) is 18.9 Å². The molecule has 0 aromatic heterocycles. The van der Waals surface area contributed by atoms with Crippen LogP contribution < -0.4 is 14.8 Å².